The largest absolute Gasteiger partial charge is 0.493 e. The average molecular weight is 269 g/mol. The topological polar surface area (TPSA) is 32.0 Å². The molecule has 0 aliphatic heterocycles. The van der Waals surface area contributed by atoms with Crippen molar-refractivity contribution in [3.63, 3.8) is 0 Å². The van der Waals surface area contributed by atoms with Crippen LogP contribution in [0.3, 0.4) is 0 Å². The van der Waals surface area contributed by atoms with Crippen LogP contribution in [0.2, 0.25) is 0 Å². The molecule has 2 heterocycles. The normalized spacial score (nSPS) is 11.1. The van der Waals surface area contributed by atoms with Gasteiger partial charge in [0.05, 0.1) is 18.7 Å². The first-order valence-corrected chi connectivity index (χ1v) is 6.96. The van der Waals surface area contributed by atoms with Crippen LogP contribution in [0.5, 0.6) is 5.75 Å². The minimum atomic E-state index is 0.754. The van der Waals surface area contributed by atoms with Crippen LogP contribution < -0.4 is 4.74 Å². The fourth-order valence-corrected chi connectivity index (χ4v) is 2.37. The molecule has 3 aromatic rings. The summed E-state index contributed by atoms with van der Waals surface area (Å²) >= 11 is 0. The van der Waals surface area contributed by atoms with Crippen LogP contribution in [0.1, 0.15) is 19.2 Å². The zero-order valence-corrected chi connectivity index (χ0v) is 11.9. The molecule has 0 aliphatic carbocycles. The Kier molecular flexibility index (Phi) is 3.46. The van der Waals surface area contributed by atoms with Crippen LogP contribution in [0, 0.1) is 0 Å². The van der Waals surface area contributed by atoms with E-state index in [0.29, 0.717) is 0 Å². The van der Waals surface area contributed by atoms with Gasteiger partial charge in [0.25, 0.3) is 0 Å². The summed E-state index contributed by atoms with van der Waals surface area (Å²) in [5.41, 5.74) is 1.18. The van der Waals surface area contributed by atoms with E-state index in [1.54, 1.807) is 0 Å². The lowest BCUT2D eigenvalue weighted by molar-refractivity contribution is 0.321. The summed E-state index contributed by atoms with van der Waals surface area (Å²) in [4.78, 5) is 4.38. The van der Waals surface area contributed by atoms with Crippen LogP contribution in [0.15, 0.2) is 42.9 Å². The number of imidazole rings is 1. The molecular weight excluding hydrogens is 250 g/mol. The molecule has 0 radical (unpaired) electrons. The molecular formula is C16H19N3O. The summed E-state index contributed by atoms with van der Waals surface area (Å²) in [6.45, 7) is 3.64. The second-order valence-corrected chi connectivity index (χ2v) is 4.94. The van der Waals surface area contributed by atoms with E-state index in [1.807, 2.05) is 36.1 Å². The molecule has 3 rings (SSSR count). The number of hydrogen-bond acceptors (Lipinski definition) is 2. The second kappa shape index (κ2) is 5.41. The highest BCUT2D eigenvalue weighted by molar-refractivity contribution is 5.86. The highest BCUT2D eigenvalue weighted by Crippen LogP contribution is 2.27. The number of ether oxygens (including phenoxy) is 1. The van der Waals surface area contributed by atoms with E-state index in [2.05, 4.69) is 34.8 Å². The maximum absolute atomic E-state index is 5.81. The van der Waals surface area contributed by atoms with Crippen molar-refractivity contribution in [2.24, 2.45) is 7.05 Å². The molecule has 0 atom stereocenters. The van der Waals surface area contributed by atoms with E-state index < -0.39 is 0 Å². The number of hydrogen-bond donors (Lipinski definition) is 0. The van der Waals surface area contributed by atoms with Crippen molar-refractivity contribution in [3.05, 3.63) is 48.7 Å². The van der Waals surface area contributed by atoms with Gasteiger partial charge < -0.3 is 13.9 Å². The standard InChI is InChI=1S/C16H19N3O/c1-3-11-20-15-6-4-5-14-13(15)7-9-19(14)12-16-17-8-10-18(16)2/h4-10H,3,11-12H2,1-2H3. The first-order valence-electron chi connectivity index (χ1n) is 6.96. The molecule has 0 spiro atoms. The molecule has 0 aliphatic rings. The molecule has 20 heavy (non-hydrogen) atoms. The van der Waals surface area contributed by atoms with E-state index in [1.165, 1.54) is 5.52 Å². The Morgan fingerprint density at radius 1 is 1.20 bits per heavy atom. The Morgan fingerprint density at radius 2 is 2.10 bits per heavy atom. The summed E-state index contributed by atoms with van der Waals surface area (Å²) in [5.74, 6) is 2.00. The Balaban J connectivity index is 1.95. The molecule has 0 unspecified atom stereocenters. The van der Waals surface area contributed by atoms with E-state index in [4.69, 9.17) is 4.74 Å². The Morgan fingerprint density at radius 3 is 2.85 bits per heavy atom. The summed E-state index contributed by atoms with van der Waals surface area (Å²) in [7, 11) is 2.02. The number of aryl methyl sites for hydroxylation is 1. The van der Waals surface area contributed by atoms with Gasteiger partial charge in [-0.25, -0.2) is 4.98 Å². The summed E-state index contributed by atoms with van der Waals surface area (Å²) in [6, 6.07) is 8.31. The van der Waals surface area contributed by atoms with Gasteiger partial charge in [-0.05, 0) is 24.6 Å². The van der Waals surface area contributed by atoms with Crippen LogP contribution in [0.4, 0.5) is 0 Å². The van der Waals surface area contributed by atoms with Crippen molar-refractivity contribution >= 4 is 10.9 Å². The number of rotatable bonds is 5. The van der Waals surface area contributed by atoms with Crippen molar-refractivity contribution in [2.45, 2.75) is 19.9 Å². The Labute approximate surface area is 118 Å². The van der Waals surface area contributed by atoms with Gasteiger partial charge >= 0.3 is 0 Å². The molecule has 2 aromatic heterocycles. The lowest BCUT2D eigenvalue weighted by atomic mass is 10.2. The minimum Gasteiger partial charge on any atom is -0.493 e. The van der Waals surface area contributed by atoms with Crippen molar-refractivity contribution in [1.29, 1.82) is 0 Å². The third-order valence-electron chi connectivity index (χ3n) is 3.47. The van der Waals surface area contributed by atoms with Crippen LogP contribution in [0.25, 0.3) is 10.9 Å². The van der Waals surface area contributed by atoms with E-state index >= 15 is 0 Å². The number of aromatic nitrogens is 3. The van der Waals surface area contributed by atoms with Crippen LogP contribution in [-0.4, -0.2) is 20.7 Å². The molecule has 0 N–H and O–H groups in total. The molecule has 0 bridgehead atoms. The Hall–Kier alpha value is -2.23. The van der Waals surface area contributed by atoms with Crippen LogP contribution >= 0.6 is 0 Å². The molecule has 4 heteroatoms. The fraction of sp³-hybridized carbons (Fsp3) is 0.312. The Bertz CT molecular complexity index is 711. The zero-order valence-electron chi connectivity index (χ0n) is 11.9. The van der Waals surface area contributed by atoms with Crippen molar-refractivity contribution in [2.75, 3.05) is 6.61 Å². The summed E-state index contributed by atoms with van der Waals surface area (Å²) in [5, 5.41) is 1.16. The van der Waals surface area contributed by atoms with Gasteiger partial charge in [0.2, 0.25) is 0 Å². The third kappa shape index (κ3) is 2.29. The average Bonchev–Trinajstić information content (AvgIpc) is 3.05. The highest BCUT2D eigenvalue weighted by atomic mass is 16.5. The molecule has 0 amide bonds. The van der Waals surface area contributed by atoms with Crippen molar-refractivity contribution in [1.82, 2.24) is 14.1 Å². The lowest BCUT2D eigenvalue weighted by Gasteiger charge is -2.08. The van der Waals surface area contributed by atoms with Crippen molar-refractivity contribution in [3.8, 4) is 5.75 Å². The first-order chi connectivity index (χ1) is 9.79. The fourth-order valence-electron chi connectivity index (χ4n) is 2.37. The third-order valence-corrected chi connectivity index (χ3v) is 3.47. The zero-order chi connectivity index (χ0) is 13.9. The maximum atomic E-state index is 5.81. The quantitative estimate of drug-likeness (QED) is 0.712. The molecule has 0 saturated carbocycles. The van der Waals surface area contributed by atoms with Crippen molar-refractivity contribution < 1.29 is 4.74 Å². The van der Waals surface area contributed by atoms with Gasteiger partial charge in [0, 0.05) is 31.0 Å². The van der Waals surface area contributed by atoms with Gasteiger partial charge in [-0.2, -0.15) is 0 Å². The second-order valence-electron chi connectivity index (χ2n) is 4.94. The number of fused-ring (bicyclic) bond motifs is 1. The number of benzene rings is 1. The molecule has 0 saturated heterocycles. The van der Waals surface area contributed by atoms with Gasteiger partial charge in [-0.1, -0.05) is 13.0 Å². The van der Waals surface area contributed by atoms with Gasteiger partial charge in [-0.3, -0.25) is 0 Å². The van der Waals surface area contributed by atoms with E-state index in [-0.39, 0.29) is 0 Å². The van der Waals surface area contributed by atoms with Gasteiger partial charge in [-0.15, -0.1) is 0 Å². The maximum Gasteiger partial charge on any atom is 0.128 e. The predicted octanol–water partition coefficient (Wildman–Crippen LogP) is 3.21. The van der Waals surface area contributed by atoms with Crippen LogP contribution in [-0.2, 0) is 13.6 Å². The monoisotopic (exact) mass is 269 g/mol. The smallest absolute Gasteiger partial charge is 0.128 e. The highest BCUT2D eigenvalue weighted by Gasteiger charge is 2.08. The van der Waals surface area contributed by atoms with Gasteiger partial charge in [0.15, 0.2) is 0 Å². The summed E-state index contributed by atoms with van der Waals surface area (Å²) < 4.78 is 10.1. The minimum absolute atomic E-state index is 0.754. The predicted molar refractivity (Wildman–Crippen MR) is 80.0 cm³/mol. The molecule has 4 nitrogen and oxygen atoms in total. The van der Waals surface area contributed by atoms with E-state index in [9.17, 15) is 0 Å². The SMILES string of the molecule is CCCOc1cccc2c1ccn2Cc1nccn1C. The molecule has 1 aromatic carbocycles. The summed E-state index contributed by atoms with van der Waals surface area (Å²) in [6.07, 6.45) is 6.91. The van der Waals surface area contributed by atoms with E-state index in [0.717, 1.165) is 36.5 Å². The lowest BCUT2D eigenvalue weighted by Crippen LogP contribution is -2.04. The number of nitrogens with zero attached hydrogens (tertiary/aromatic N) is 3. The molecule has 0 fully saturated rings. The van der Waals surface area contributed by atoms with Gasteiger partial charge in [0.1, 0.15) is 11.6 Å². The first kappa shape index (κ1) is 12.8. The molecule has 104 valence electrons.